The van der Waals surface area contributed by atoms with Gasteiger partial charge in [-0.1, -0.05) is 382 Å². The third-order valence-electron chi connectivity index (χ3n) is 28.5. The minimum Gasteiger partial charge on any atom is 0 e. The van der Waals surface area contributed by atoms with Gasteiger partial charge < -0.3 is 30.3 Å². The van der Waals surface area contributed by atoms with E-state index in [0.29, 0.717) is 22.7 Å². The van der Waals surface area contributed by atoms with Crippen LogP contribution in [0.1, 0.15) is 386 Å². The van der Waals surface area contributed by atoms with Crippen LogP contribution < -0.4 is 34.7 Å². The molecule has 0 atom stereocenters. The molecular weight excluding hydrogens is 2200 g/mol. The van der Waals surface area contributed by atoms with E-state index in [9.17, 15) is 20.4 Å². The largest absolute Gasteiger partial charge is 1.00 e. The van der Waals surface area contributed by atoms with Crippen molar-refractivity contribution in [2.24, 2.45) is 20.0 Å². The van der Waals surface area contributed by atoms with Crippen molar-refractivity contribution in [1.29, 1.82) is 0 Å². The molecule has 0 spiro atoms. The molecule has 0 aliphatic heterocycles. The normalized spacial score (nSPS) is 13.8. The van der Waals surface area contributed by atoms with E-state index >= 15 is 0 Å². The number of carbonyl (C=O) groups excluding carboxylic acids is 1. The van der Waals surface area contributed by atoms with Gasteiger partial charge in [-0.25, -0.2) is 0 Å². The van der Waals surface area contributed by atoms with E-state index in [4.69, 9.17) is 67.5 Å². The molecule has 4 N–H and O–H groups in total. The molecule has 0 amide bonds. The van der Waals surface area contributed by atoms with Crippen LogP contribution in [0.2, 0.25) is 0 Å². The van der Waals surface area contributed by atoms with Crippen LogP contribution in [0.3, 0.4) is 0 Å². The Morgan fingerprint density at radius 3 is 0.599 bits per heavy atom. The topological polar surface area (TPSA) is 170 Å². The second-order valence-electron chi connectivity index (χ2n) is 37.6. The predicted octanol–water partition coefficient (Wildman–Crippen LogP) is 31.8. The van der Waals surface area contributed by atoms with Gasteiger partial charge in [0.1, 0.15) is 23.0 Å². The molecule has 0 saturated carbocycles. The van der Waals surface area contributed by atoms with Gasteiger partial charge in [-0.15, -0.1) is 0 Å². The quantitative estimate of drug-likeness (QED) is 0.0168. The van der Waals surface area contributed by atoms with Crippen molar-refractivity contribution in [1.82, 2.24) is 0 Å². The average molecular weight is 2350 g/mol. The number of hydrogen-bond donors (Lipinski definition) is 4. The first kappa shape index (κ1) is 119. The number of phenolic OH excluding ortho intramolecular Hbond substituents is 4. The maximum atomic E-state index is 11.6. The van der Waals surface area contributed by atoms with E-state index in [1.807, 2.05) is 97.7 Å². The van der Waals surface area contributed by atoms with Crippen molar-refractivity contribution in [3.05, 3.63) is 261 Å². The maximum Gasteiger partial charge on any atom is 1.00 e. The number of fused-ring (bicyclic) bond motifs is 12. The second kappa shape index (κ2) is 61.1. The molecule has 0 saturated heterocycles. The van der Waals surface area contributed by atoms with Crippen molar-refractivity contribution in [2.45, 2.75) is 341 Å². The SMILES string of the molecule is CC(=O)[O-].CCCCCCC1(CCCCCC)c2ccccc2-c2cc(O)c(C=Nc3ccccc3N=Cc3cc4c(cc3O)-c3ccccc3C4(CCCCCC)CCCCCC)cc21.CCCCCCC1(CCCCCC)c2ccccc2-c2cc(O)c(C=Nc3ccccc3N=Cc3cc4c(cc3O)-c3ccccc3C4(CCCCCC)CCCCCC)cc21.[Cl][Pt]([Cl])([Cl])[Cl].[K][K].[Na+].[Pt]. The summed E-state index contributed by atoms with van der Waals surface area (Å²) >= 11 is -0.556. The number of nitrogens with zero attached hydrogens (tertiary/aromatic N) is 4. The van der Waals surface area contributed by atoms with Gasteiger partial charge in [0.05, 0.1) is 22.7 Å². The number of carboxylic acids is 1. The fraction of sp³-hybridized carbons (Fsp3) is 0.449. The molecule has 4 aliphatic rings. The third kappa shape index (κ3) is 31.7. The molecule has 0 radical (unpaired) electrons. The summed E-state index contributed by atoms with van der Waals surface area (Å²) in [6, 6.07) is 68.4. The Hall–Kier alpha value is -3.64. The number of aliphatic carboxylic acids is 1. The van der Waals surface area contributed by atoms with Crippen LogP contribution in [-0.4, -0.2) is 114 Å². The minimum atomic E-state index is -3.06. The van der Waals surface area contributed by atoms with Crippen LogP contribution in [0, 0.1) is 0 Å². The number of unbranched alkanes of at least 4 members (excludes halogenated alkanes) is 24. The zero-order valence-electron chi connectivity index (χ0n) is 84.1. The average Bonchev–Trinajstić information content (AvgIpc) is 1.58. The van der Waals surface area contributed by atoms with E-state index < -0.39 is 17.9 Å². The van der Waals surface area contributed by atoms with E-state index in [-0.39, 0.29) is 95.3 Å². The molecule has 10 aromatic carbocycles. The van der Waals surface area contributed by atoms with Gasteiger partial charge in [-0.05, 0) is 220 Å². The summed E-state index contributed by atoms with van der Waals surface area (Å²) in [5.74, 6) is -0.109. The Morgan fingerprint density at radius 2 is 0.438 bits per heavy atom. The zero-order chi connectivity index (χ0) is 96.8. The third-order valence-corrected chi connectivity index (χ3v) is 28.5. The number of phenols is 4. The molecule has 19 heteroatoms. The number of aromatic hydroxyl groups is 4. The van der Waals surface area contributed by atoms with Crippen LogP contribution in [0.15, 0.2) is 214 Å². The summed E-state index contributed by atoms with van der Waals surface area (Å²) in [7, 11) is 20.0. The Morgan fingerprint density at radius 1 is 0.285 bits per heavy atom. The van der Waals surface area contributed by atoms with E-state index in [1.54, 1.807) is 0 Å². The monoisotopic (exact) mass is 2350 g/mol. The van der Waals surface area contributed by atoms with Gasteiger partial charge in [0.15, 0.2) is 0 Å². The number of hydrogen-bond acceptors (Lipinski definition) is 10. The Kier molecular flexibility index (Phi) is 52.9. The molecule has 0 bridgehead atoms. The molecule has 0 fully saturated rings. The summed E-state index contributed by atoms with van der Waals surface area (Å²) in [6.07, 6.45) is 55.5. The zero-order valence-corrected chi connectivity index (χ0v) is 99.9. The van der Waals surface area contributed by atoms with Gasteiger partial charge in [-0.3, -0.25) is 20.0 Å². The molecular formula is C118H147Cl4K2N4NaO6Pt2. The summed E-state index contributed by atoms with van der Waals surface area (Å²) in [5.41, 5.74) is 26.1. The minimum absolute atomic E-state index is 0. The van der Waals surface area contributed by atoms with Crippen molar-refractivity contribution >= 4 is 154 Å². The van der Waals surface area contributed by atoms with Gasteiger partial charge in [-0.2, -0.15) is 0 Å². The van der Waals surface area contributed by atoms with Crippen molar-refractivity contribution in [2.75, 3.05) is 0 Å². The molecule has 4 aliphatic carbocycles. The van der Waals surface area contributed by atoms with Gasteiger partial charge in [0.2, 0.25) is 0 Å². The molecule has 14 rings (SSSR count). The van der Waals surface area contributed by atoms with E-state index in [2.05, 4.69) is 177 Å². The fourth-order valence-corrected chi connectivity index (χ4v) is 21.8. The van der Waals surface area contributed by atoms with Crippen molar-refractivity contribution in [3.63, 3.8) is 0 Å². The number of para-hydroxylation sites is 4. The molecule has 137 heavy (non-hydrogen) atoms. The Balaban J connectivity index is 0.000000300. The van der Waals surface area contributed by atoms with E-state index in [0.717, 1.165) is 103 Å². The number of carboxylic acid groups (broad SMARTS) is 1. The summed E-state index contributed by atoms with van der Waals surface area (Å²) in [5, 5.41) is 55.2. The number of carbonyl (C=O) groups is 1. The van der Waals surface area contributed by atoms with Crippen molar-refractivity contribution in [3.8, 4) is 67.5 Å². The predicted molar refractivity (Wildman–Crippen MR) is 575 cm³/mol. The first-order valence-corrected chi connectivity index (χ1v) is 78.7. The van der Waals surface area contributed by atoms with Crippen molar-refractivity contribution < 1.29 is 92.8 Å². The number of aliphatic imine (C=N–C) groups is 4. The smallest absolute Gasteiger partial charge is 0 e. The van der Waals surface area contributed by atoms with Crippen LogP contribution in [0.4, 0.5) is 22.7 Å². The molecule has 10 aromatic rings. The van der Waals surface area contributed by atoms with Crippen LogP contribution in [0.25, 0.3) is 44.5 Å². The summed E-state index contributed by atoms with van der Waals surface area (Å²) in [6.45, 7) is 19.2. The first-order valence-electron chi connectivity index (χ1n) is 51.4. The molecule has 0 aromatic heterocycles. The fourth-order valence-electron chi connectivity index (χ4n) is 21.8. The first-order chi connectivity index (χ1) is 65.5. The molecule has 726 valence electrons. The van der Waals surface area contributed by atoms with E-state index in [1.165, 1.54) is 335 Å². The number of halogens is 4. The Bertz CT molecular complexity index is 4870. The number of rotatable bonds is 48. The Labute approximate surface area is 923 Å². The molecule has 0 heterocycles. The van der Waals surface area contributed by atoms with Crippen LogP contribution in [0.5, 0.6) is 23.0 Å². The van der Waals surface area contributed by atoms with Gasteiger partial charge in [0, 0.05) is 95.8 Å². The summed E-state index contributed by atoms with van der Waals surface area (Å²) < 4.78 is 0. The molecule has 0 unspecified atom stereocenters. The molecule has 10 nitrogen and oxygen atoms in total. The van der Waals surface area contributed by atoms with Gasteiger partial charge >= 0.3 is 142 Å². The number of benzene rings is 10. The second-order valence-corrected chi connectivity index (χ2v) is 57.3. The van der Waals surface area contributed by atoms with Crippen LogP contribution in [-0.2, 0) is 59.4 Å². The summed E-state index contributed by atoms with van der Waals surface area (Å²) in [4.78, 5) is 28.9. The van der Waals surface area contributed by atoms with Gasteiger partial charge in [0.25, 0.3) is 0 Å². The maximum absolute atomic E-state index is 11.6. The van der Waals surface area contributed by atoms with Crippen LogP contribution >= 0.6 is 37.7 Å². The standard InChI is InChI=1S/2C58H72N2O2.C2H4O2.4ClH.2K.Na.2Pt/c2*1-5-9-13-23-33-57(34-24-14-10-6-2)49-29-19-17-27-45(49)47-39-55(61)43(37-51(47)57)41-59-53-31-21-22-32-54(53)60-42-44-38-52-48(40-56(44)62)46-28-18-20-30-50(46)58(52,35-25-15-11-7-3)36-26-16-12-8-4;1-2(3)4;;;;;;;;;/h2*17-22,27-32,37-42,61-62H,5-16,23-26,33-36H2,1-4H3;1H3,(H,3,4);4*1H;;;;;/q;;;;;;;;;+1;;+4/p-5.